The molecule has 7 heteroatoms. The van der Waals surface area contributed by atoms with Crippen molar-refractivity contribution in [1.29, 1.82) is 0 Å². The maximum absolute atomic E-state index is 14.3. The van der Waals surface area contributed by atoms with Gasteiger partial charge in [-0.15, -0.1) is 0 Å². The molecule has 1 aromatic heterocycles. The molecule has 0 aliphatic rings. The van der Waals surface area contributed by atoms with Crippen LogP contribution in [0.25, 0.3) is 5.69 Å². The van der Waals surface area contributed by atoms with E-state index in [2.05, 4.69) is 10.4 Å². The predicted molar refractivity (Wildman–Crippen MR) is 90.6 cm³/mol. The first kappa shape index (κ1) is 18.6. The lowest BCUT2D eigenvalue weighted by atomic mass is 10.1. The van der Waals surface area contributed by atoms with Crippen molar-refractivity contribution in [2.45, 2.75) is 39.2 Å². The molecule has 25 heavy (non-hydrogen) atoms. The molecule has 0 saturated carbocycles. The van der Waals surface area contributed by atoms with E-state index in [9.17, 15) is 14.0 Å². The molecule has 1 heterocycles. The number of nitrogens with one attached hydrogen (secondary N) is 1. The van der Waals surface area contributed by atoms with E-state index in [-0.39, 0.29) is 24.3 Å². The van der Waals surface area contributed by atoms with Crippen molar-refractivity contribution in [1.82, 2.24) is 15.1 Å². The first-order valence-electron chi connectivity index (χ1n) is 8.27. The van der Waals surface area contributed by atoms with Crippen molar-refractivity contribution < 1.29 is 18.7 Å². The van der Waals surface area contributed by atoms with Gasteiger partial charge in [0.1, 0.15) is 11.9 Å². The molecule has 6 nitrogen and oxygen atoms in total. The van der Waals surface area contributed by atoms with Crippen molar-refractivity contribution in [2.24, 2.45) is 0 Å². The number of aromatic nitrogens is 2. The maximum Gasteiger partial charge on any atom is 0.306 e. The van der Waals surface area contributed by atoms with Crippen molar-refractivity contribution in [3.05, 3.63) is 48.0 Å². The highest BCUT2D eigenvalue weighted by Gasteiger charge is 2.20. The third-order valence-corrected chi connectivity index (χ3v) is 3.65. The van der Waals surface area contributed by atoms with E-state index in [1.54, 1.807) is 37.5 Å². The molecule has 0 bridgehead atoms. The molecular formula is C18H22FN3O3. The molecule has 0 spiro atoms. The second kappa shape index (κ2) is 8.96. The maximum atomic E-state index is 14.3. The minimum absolute atomic E-state index is 0.0987. The summed E-state index contributed by atoms with van der Waals surface area (Å²) in [6.45, 7) is 4.01. The van der Waals surface area contributed by atoms with Crippen LogP contribution in [0, 0.1) is 5.82 Å². The van der Waals surface area contributed by atoms with Gasteiger partial charge in [-0.2, -0.15) is 5.10 Å². The van der Waals surface area contributed by atoms with Gasteiger partial charge in [0.2, 0.25) is 5.91 Å². The number of benzene rings is 1. The molecule has 0 fully saturated rings. The summed E-state index contributed by atoms with van der Waals surface area (Å²) in [5.74, 6) is -1.03. The molecule has 0 aliphatic carbocycles. The van der Waals surface area contributed by atoms with Crippen molar-refractivity contribution in [3.63, 3.8) is 0 Å². The molecule has 1 amide bonds. The third-order valence-electron chi connectivity index (χ3n) is 3.65. The van der Waals surface area contributed by atoms with Gasteiger partial charge >= 0.3 is 5.97 Å². The summed E-state index contributed by atoms with van der Waals surface area (Å²) in [6.07, 6.45) is 3.27. The Kier molecular flexibility index (Phi) is 6.68. The lowest BCUT2D eigenvalue weighted by Crippen LogP contribution is -2.22. The number of amides is 1. The van der Waals surface area contributed by atoms with Crippen LogP contribution >= 0.6 is 0 Å². The van der Waals surface area contributed by atoms with E-state index in [1.807, 2.05) is 6.92 Å². The van der Waals surface area contributed by atoms with Crippen LogP contribution in [0.5, 0.6) is 0 Å². The van der Waals surface area contributed by atoms with Gasteiger partial charge in [0.25, 0.3) is 0 Å². The van der Waals surface area contributed by atoms with Gasteiger partial charge in [-0.3, -0.25) is 9.59 Å². The Bertz CT molecular complexity index is 716. The summed E-state index contributed by atoms with van der Waals surface area (Å²) in [6, 6.07) is 6.34. The van der Waals surface area contributed by atoms with Crippen molar-refractivity contribution in [2.75, 3.05) is 6.54 Å². The van der Waals surface area contributed by atoms with E-state index >= 15 is 0 Å². The summed E-state index contributed by atoms with van der Waals surface area (Å²) < 4.78 is 21.2. The molecule has 0 radical (unpaired) electrons. The predicted octanol–water partition coefficient (Wildman–Crippen LogP) is 2.92. The molecule has 134 valence electrons. The normalized spacial score (nSPS) is 11.8. The fourth-order valence-corrected chi connectivity index (χ4v) is 2.53. The van der Waals surface area contributed by atoms with Gasteiger partial charge in [0.15, 0.2) is 0 Å². The average molecular weight is 347 g/mol. The van der Waals surface area contributed by atoms with E-state index < -0.39 is 17.9 Å². The number of halogens is 1. The van der Waals surface area contributed by atoms with Crippen LogP contribution in [0.4, 0.5) is 4.39 Å². The molecule has 0 unspecified atom stereocenters. The highest BCUT2D eigenvalue weighted by Crippen LogP contribution is 2.27. The molecular weight excluding hydrogens is 325 g/mol. The van der Waals surface area contributed by atoms with Crippen LogP contribution in [0.1, 0.15) is 44.8 Å². The lowest BCUT2D eigenvalue weighted by molar-refractivity contribution is -0.148. The van der Waals surface area contributed by atoms with Gasteiger partial charge in [-0.25, -0.2) is 9.07 Å². The number of carbonyl (C=O) groups is 2. The Hall–Kier alpha value is -2.70. The summed E-state index contributed by atoms with van der Waals surface area (Å²) in [4.78, 5) is 23.3. The molecule has 0 aliphatic heterocycles. The summed E-state index contributed by atoms with van der Waals surface area (Å²) in [7, 11) is 0. The molecule has 1 atom stereocenters. The topological polar surface area (TPSA) is 73.2 Å². The number of hydrogen-bond acceptors (Lipinski definition) is 4. The smallest absolute Gasteiger partial charge is 0.306 e. The number of hydrogen-bond donors (Lipinski definition) is 1. The first-order chi connectivity index (χ1) is 12.0. The van der Waals surface area contributed by atoms with Crippen LogP contribution < -0.4 is 5.32 Å². The van der Waals surface area contributed by atoms with Crippen molar-refractivity contribution in [3.8, 4) is 5.69 Å². The van der Waals surface area contributed by atoms with Crippen molar-refractivity contribution >= 4 is 11.9 Å². The minimum atomic E-state index is -0.766. The summed E-state index contributed by atoms with van der Waals surface area (Å²) >= 11 is 0. The van der Waals surface area contributed by atoms with E-state index in [1.165, 1.54) is 10.7 Å². The number of carbonyl (C=O) groups excluding carboxylic acids is 2. The Morgan fingerprint density at radius 3 is 2.80 bits per heavy atom. The van der Waals surface area contributed by atoms with Gasteiger partial charge in [-0.05, 0) is 38.5 Å². The quantitative estimate of drug-likeness (QED) is 0.745. The number of rotatable bonds is 8. The van der Waals surface area contributed by atoms with Crippen LogP contribution in [0.3, 0.4) is 0 Å². The average Bonchev–Trinajstić information content (AvgIpc) is 3.09. The second-order valence-corrected chi connectivity index (χ2v) is 5.56. The zero-order chi connectivity index (χ0) is 18.2. The molecule has 2 rings (SSSR count). The summed E-state index contributed by atoms with van der Waals surface area (Å²) in [5, 5.41) is 6.77. The van der Waals surface area contributed by atoms with Gasteiger partial charge in [0, 0.05) is 31.8 Å². The van der Waals surface area contributed by atoms with Gasteiger partial charge < -0.3 is 10.1 Å². The molecule has 1 aromatic carbocycles. The van der Waals surface area contributed by atoms with E-state index in [0.29, 0.717) is 18.7 Å². The van der Waals surface area contributed by atoms with Gasteiger partial charge in [0.05, 0.1) is 11.3 Å². The van der Waals surface area contributed by atoms with E-state index in [0.717, 1.165) is 0 Å². The fraction of sp³-hybridized carbons (Fsp3) is 0.389. The Morgan fingerprint density at radius 2 is 2.12 bits per heavy atom. The highest BCUT2D eigenvalue weighted by atomic mass is 19.1. The number of esters is 1. The Morgan fingerprint density at radius 1 is 1.32 bits per heavy atom. The first-order valence-corrected chi connectivity index (χ1v) is 8.27. The second-order valence-electron chi connectivity index (χ2n) is 5.56. The molecule has 0 saturated heterocycles. The van der Waals surface area contributed by atoms with Crippen LogP contribution in [-0.4, -0.2) is 28.2 Å². The SMILES string of the molecule is CCNC(=O)CCCC(=O)O[C@@H](C)c1c(F)cccc1-n1cccn1. The lowest BCUT2D eigenvalue weighted by Gasteiger charge is -2.18. The Labute approximate surface area is 146 Å². The van der Waals surface area contributed by atoms with E-state index in [4.69, 9.17) is 4.74 Å². The molecule has 2 aromatic rings. The fourth-order valence-electron chi connectivity index (χ4n) is 2.53. The number of ether oxygens (including phenoxy) is 1. The zero-order valence-corrected chi connectivity index (χ0v) is 14.4. The molecule has 1 N–H and O–H groups in total. The minimum Gasteiger partial charge on any atom is -0.458 e. The van der Waals surface area contributed by atoms with Crippen LogP contribution in [0.2, 0.25) is 0 Å². The Balaban J connectivity index is 2.00. The number of nitrogens with zero attached hydrogens (tertiary/aromatic N) is 2. The van der Waals surface area contributed by atoms with Gasteiger partial charge in [-0.1, -0.05) is 6.07 Å². The summed E-state index contributed by atoms with van der Waals surface area (Å²) in [5.41, 5.74) is 0.788. The van der Waals surface area contributed by atoms with Crippen LogP contribution in [-0.2, 0) is 14.3 Å². The highest BCUT2D eigenvalue weighted by molar-refractivity contribution is 5.77. The van der Waals surface area contributed by atoms with Crippen LogP contribution in [0.15, 0.2) is 36.7 Å². The third kappa shape index (κ3) is 5.14. The zero-order valence-electron chi connectivity index (χ0n) is 14.4. The standard InChI is InChI=1S/C18H22FN3O3/c1-3-20-16(23)9-5-10-17(24)25-13(2)18-14(19)7-4-8-15(18)22-12-6-11-21-22/h4,6-8,11-13H,3,5,9-10H2,1-2H3,(H,20,23)/t13-/m0/s1. The largest absolute Gasteiger partial charge is 0.458 e. The monoisotopic (exact) mass is 347 g/mol.